The van der Waals surface area contributed by atoms with Crippen LogP contribution in [0.15, 0.2) is 24.3 Å². The van der Waals surface area contributed by atoms with Gasteiger partial charge in [-0.3, -0.25) is 4.79 Å². The summed E-state index contributed by atoms with van der Waals surface area (Å²) in [5, 5.41) is 2.95. The molecule has 0 bridgehead atoms. The van der Waals surface area contributed by atoms with Crippen molar-refractivity contribution in [2.24, 2.45) is 0 Å². The van der Waals surface area contributed by atoms with E-state index < -0.39 is 6.10 Å². The van der Waals surface area contributed by atoms with Crippen LogP contribution in [0.2, 0.25) is 0 Å². The first-order chi connectivity index (χ1) is 8.56. The Morgan fingerprint density at radius 3 is 2.61 bits per heavy atom. The fourth-order valence-electron chi connectivity index (χ4n) is 1.61. The van der Waals surface area contributed by atoms with Crippen LogP contribution in [-0.2, 0) is 4.79 Å². The van der Waals surface area contributed by atoms with Crippen LogP contribution >= 0.6 is 0 Å². The number of nitrogens with one attached hydrogen (secondary N) is 1. The average molecular weight is 249 g/mol. The summed E-state index contributed by atoms with van der Waals surface area (Å²) < 4.78 is 5.74. The molecular formula is C15H23NO2. The lowest BCUT2D eigenvalue weighted by molar-refractivity contribution is -0.128. The van der Waals surface area contributed by atoms with Gasteiger partial charge >= 0.3 is 0 Å². The van der Waals surface area contributed by atoms with Gasteiger partial charge in [0.2, 0.25) is 0 Å². The van der Waals surface area contributed by atoms with Crippen LogP contribution in [0.1, 0.15) is 39.2 Å². The predicted molar refractivity (Wildman–Crippen MR) is 73.8 cm³/mol. The first-order valence-electron chi connectivity index (χ1n) is 6.60. The standard InChI is InChI=1S/C15H23NO2/c1-5-12(4)16-15(17)14(6-2)18-13-9-7-8-11(3)10-13/h7-10,12,14H,5-6H2,1-4H3,(H,16,17)/t12-,14-/m1/s1. The maximum absolute atomic E-state index is 12.0. The van der Waals surface area contributed by atoms with Crippen LogP contribution in [0.25, 0.3) is 0 Å². The highest BCUT2D eigenvalue weighted by Crippen LogP contribution is 2.15. The lowest BCUT2D eigenvalue weighted by Gasteiger charge is -2.20. The summed E-state index contributed by atoms with van der Waals surface area (Å²) in [6.07, 6.45) is 1.17. The number of carbonyl (C=O) groups excluding carboxylic acids is 1. The quantitative estimate of drug-likeness (QED) is 0.841. The molecule has 0 aliphatic heterocycles. The van der Waals surface area contributed by atoms with E-state index in [4.69, 9.17) is 4.74 Å². The van der Waals surface area contributed by atoms with E-state index in [9.17, 15) is 4.79 Å². The van der Waals surface area contributed by atoms with Gasteiger partial charge in [0.15, 0.2) is 6.10 Å². The predicted octanol–water partition coefficient (Wildman–Crippen LogP) is 3.07. The average Bonchev–Trinajstić information content (AvgIpc) is 2.35. The number of carbonyl (C=O) groups is 1. The van der Waals surface area contributed by atoms with Crippen LogP contribution in [0.5, 0.6) is 5.75 Å². The molecule has 0 aliphatic rings. The zero-order valence-electron chi connectivity index (χ0n) is 11.7. The Labute approximate surface area is 110 Å². The van der Waals surface area contributed by atoms with Crippen molar-refractivity contribution in [2.75, 3.05) is 0 Å². The normalized spacial score (nSPS) is 13.8. The third-order valence-electron chi connectivity index (χ3n) is 2.93. The van der Waals surface area contributed by atoms with Gasteiger partial charge in [0.1, 0.15) is 5.75 Å². The van der Waals surface area contributed by atoms with Gasteiger partial charge in [0.05, 0.1) is 0 Å². The monoisotopic (exact) mass is 249 g/mol. The molecule has 100 valence electrons. The SMILES string of the molecule is CC[C@@H](C)NC(=O)[C@@H](CC)Oc1cccc(C)c1. The van der Waals surface area contributed by atoms with E-state index in [0.717, 1.165) is 17.7 Å². The maximum Gasteiger partial charge on any atom is 0.261 e. The Morgan fingerprint density at radius 2 is 2.06 bits per heavy atom. The zero-order valence-corrected chi connectivity index (χ0v) is 11.7. The molecule has 0 saturated carbocycles. The Morgan fingerprint density at radius 1 is 1.33 bits per heavy atom. The first kappa shape index (κ1) is 14.6. The molecule has 18 heavy (non-hydrogen) atoms. The van der Waals surface area contributed by atoms with Crippen molar-refractivity contribution in [3.63, 3.8) is 0 Å². The lowest BCUT2D eigenvalue weighted by Crippen LogP contribution is -2.42. The first-order valence-corrected chi connectivity index (χ1v) is 6.60. The molecule has 0 aromatic heterocycles. The highest BCUT2D eigenvalue weighted by molar-refractivity contribution is 5.81. The lowest BCUT2D eigenvalue weighted by atomic mass is 10.2. The van der Waals surface area contributed by atoms with Crippen molar-refractivity contribution < 1.29 is 9.53 Å². The van der Waals surface area contributed by atoms with E-state index in [2.05, 4.69) is 5.32 Å². The molecule has 1 aromatic rings. The van der Waals surface area contributed by atoms with Crippen LogP contribution in [-0.4, -0.2) is 18.1 Å². The van der Waals surface area contributed by atoms with Gasteiger partial charge in [0, 0.05) is 6.04 Å². The Balaban J connectivity index is 2.64. The number of hydrogen-bond acceptors (Lipinski definition) is 2. The van der Waals surface area contributed by atoms with Crippen molar-refractivity contribution in [1.29, 1.82) is 0 Å². The number of rotatable bonds is 6. The second-order valence-electron chi connectivity index (χ2n) is 4.65. The van der Waals surface area contributed by atoms with Crippen LogP contribution < -0.4 is 10.1 Å². The minimum atomic E-state index is -0.416. The molecule has 0 aliphatic carbocycles. The minimum Gasteiger partial charge on any atom is -0.481 e. The van der Waals surface area contributed by atoms with Crippen LogP contribution in [0, 0.1) is 6.92 Å². The van der Waals surface area contributed by atoms with Crippen molar-refractivity contribution in [2.45, 2.75) is 52.7 Å². The second-order valence-corrected chi connectivity index (χ2v) is 4.65. The van der Waals surface area contributed by atoms with Crippen molar-refractivity contribution >= 4 is 5.91 Å². The topological polar surface area (TPSA) is 38.3 Å². The molecule has 0 radical (unpaired) electrons. The number of aryl methyl sites for hydroxylation is 1. The molecule has 0 spiro atoms. The summed E-state index contributed by atoms with van der Waals surface area (Å²) in [5.74, 6) is 0.717. The Bertz CT molecular complexity index is 390. The Kier molecular flexibility index (Phi) is 5.69. The molecule has 3 heteroatoms. The zero-order chi connectivity index (χ0) is 13.5. The fraction of sp³-hybridized carbons (Fsp3) is 0.533. The van der Waals surface area contributed by atoms with E-state index in [-0.39, 0.29) is 11.9 Å². The molecule has 0 heterocycles. The summed E-state index contributed by atoms with van der Waals surface area (Å²) in [6, 6.07) is 7.95. The van der Waals surface area contributed by atoms with Gasteiger partial charge in [-0.2, -0.15) is 0 Å². The van der Waals surface area contributed by atoms with Gasteiger partial charge in [0.25, 0.3) is 5.91 Å². The molecule has 3 nitrogen and oxygen atoms in total. The van der Waals surface area contributed by atoms with E-state index in [1.807, 2.05) is 52.0 Å². The fourth-order valence-corrected chi connectivity index (χ4v) is 1.61. The van der Waals surface area contributed by atoms with Gasteiger partial charge in [-0.25, -0.2) is 0 Å². The smallest absolute Gasteiger partial charge is 0.261 e. The number of benzene rings is 1. The summed E-state index contributed by atoms with van der Waals surface area (Å²) in [6.45, 7) is 8.01. The molecule has 2 atom stereocenters. The van der Waals surface area contributed by atoms with Gasteiger partial charge in [-0.05, 0) is 44.4 Å². The highest BCUT2D eigenvalue weighted by Gasteiger charge is 2.19. The maximum atomic E-state index is 12.0. The van der Waals surface area contributed by atoms with E-state index in [1.165, 1.54) is 0 Å². The van der Waals surface area contributed by atoms with Crippen molar-refractivity contribution in [3.8, 4) is 5.75 Å². The highest BCUT2D eigenvalue weighted by atomic mass is 16.5. The number of amides is 1. The molecule has 1 N–H and O–H groups in total. The minimum absolute atomic E-state index is 0.0339. The van der Waals surface area contributed by atoms with Crippen LogP contribution in [0.3, 0.4) is 0 Å². The molecule has 0 fully saturated rings. The molecule has 1 aromatic carbocycles. The molecule has 0 saturated heterocycles. The molecular weight excluding hydrogens is 226 g/mol. The molecule has 1 amide bonds. The Hall–Kier alpha value is -1.51. The molecule has 0 unspecified atom stereocenters. The van der Waals surface area contributed by atoms with E-state index in [1.54, 1.807) is 0 Å². The number of hydrogen-bond donors (Lipinski definition) is 1. The van der Waals surface area contributed by atoms with E-state index >= 15 is 0 Å². The third kappa shape index (κ3) is 4.40. The third-order valence-corrected chi connectivity index (χ3v) is 2.93. The second kappa shape index (κ2) is 7.04. The summed E-state index contributed by atoms with van der Waals surface area (Å²) in [5.41, 5.74) is 1.13. The summed E-state index contributed by atoms with van der Waals surface area (Å²) in [4.78, 5) is 12.0. The largest absolute Gasteiger partial charge is 0.481 e. The van der Waals surface area contributed by atoms with Crippen molar-refractivity contribution in [3.05, 3.63) is 29.8 Å². The van der Waals surface area contributed by atoms with Crippen LogP contribution in [0.4, 0.5) is 0 Å². The van der Waals surface area contributed by atoms with E-state index in [0.29, 0.717) is 6.42 Å². The van der Waals surface area contributed by atoms with Crippen molar-refractivity contribution in [1.82, 2.24) is 5.32 Å². The van der Waals surface area contributed by atoms with Gasteiger partial charge in [-0.1, -0.05) is 26.0 Å². The number of ether oxygens (including phenoxy) is 1. The molecule has 1 rings (SSSR count). The van der Waals surface area contributed by atoms with Gasteiger partial charge < -0.3 is 10.1 Å². The summed E-state index contributed by atoms with van der Waals surface area (Å²) in [7, 11) is 0. The summed E-state index contributed by atoms with van der Waals surface area (Å²) >= 11 is 0. The van der Waals surface area contributed by atoms with Gasteiger partial charge in [-0.15, -0.1) is 0 Å².